The minimum atomic E-state index is -0.840. The molecule has 1 heterocycles. The zero-order valence-corrected chi connectivity index (χ0v) is 22.5. The van der Waals surface area contributed by atoms with E-state index in [-0.39, 0.29) is 17.4 Å². The number of carbonyl (C=O) groups excluding carboxylic acids is 3. The number of hydrogen-bond acceptors (Lipinski definition) is 6. The Bertz CT molecular complexity index is 1080. The van der Waals surface area contributed by atoms with Crippen LogP contribution in [-0.4, -0.2) is 60.1 Å². The van der Waals surface area contributed by atoms with Crippen LogP contribution < -0.4 is 15.4 Å². The molecule has 2 aromatic rings. The predicted molar refractivity (Wildman–Crippen MR) is 144 cm³/mol. The van der Waals surface area contributed by atoms with Crippen LogP contribution in [0.15, 0.2) is 53.0 Å². The van der Waals surface area contributed by atoms with Crippen molar-refractivity contribution in [3.05, 3.63) is 64.1 Å². The van der Waals surface area contributed by atoms with Gasteiger partial charge in [-0.3, -0.25) is 19.7 Å². The molecule has 1 saturated heterocycles. The molecule has 0 aliphatic carbocycles. The van der Waals surface area contributed by atoms with Gasteiger partial charge in [0.1, 0.15) is 11.8 Å². The van der Waals surface area contributed by atoms with Crippen molar-refractivity contribution < 1.29 is 23.9 Å². The zero-order valence-electron chi connectivity index (χ0n) is 20.1. The summed E-state index contributed by atoms with van der Waals surface area (Å²) in [5.41, 5.74) is 1.55. The van der Waals surface area contributed by atoms with Gasteiger partial charge < -0.3 is 19.7 Å². The summed E-state index contributed by atoms with van der Waals surface area (Å²) in [5, 5.41) is 5.50. The Hall–Kier alpha value is -2.98. The van der Waals surface area contributed by atoms with E-state index in [1.807, 2.05) is 37.3 Å². The molecule has 10 heteroatoms. The van der Waals surface area contributed by atoms with Crippen LogP contribution in [0, 0.1) is 0 Å². The van der Waals surface area contributed by atoms with E-state index in [2.05, 4.69) is 26.6 Å². The molecular formula is C26H30BrN3O5S. The van der Waals surface area contributed by atoms with Crippen molar-refractivity contribution in [2.24, 2.45) is 0 Å². The Balaban J connectivity index is 1.57. The molecular weight excluding hydrogens is 546 g/mol. The standard InChI is InChI=1S/C26H30BrN3O5S/c1-2-3-14-35-23(31)17-21-25(33)28-12-13-30(21)26(36)29-24(32)19-9-10-22(20(27)16-19)34-15-11-18-7-5-4-6-8-18/h4-10,16,21H,2-3,11-15,17H2,1H3,(H,28,33)(H,29,32,36). The van der Waals surface area contributed by atoms with Gasteiger partial charge >= 0.3 is 5.97 Å². The molecule has 192 valence electrons. The lowest BCUT2D eigenvalue weighted by Crippen LogP contribution is -2.60. The SMILES string of the molecule is CCCCOC(=O)CC1C(=O)NCCN1C(=S)NC(=O)c1ccc(OCCc2ccccc2)c(Br)c1. The van der Waals surface area contributed by atoms with Crippen LogP contribution in [0.4, 0.5) is 0 Å². The second-order valence-corrected chi connectivity index (χ2v) is 9.51. The third-order valence-electron chi connectivity index (χ3n) is 5.62. The highest BCUT2D eigenvalue weighted by atomic mass is 79.9. The minimum Gasteiger partial charge on any atom is -0.492 e. The van der Waals surface area contributed by atoms with Gasteiger partial charge in [-0.15, -0.1) is 0 Å². The van der Waals surface area contributed by atoms with E-state index in [0.29, 0.717) is 42.1 Å². The van der Waals surface area contributed by atoms with E-state index in [1.54, 1.807) is 23.1 Å². The maximum Gasteiger partial charge on any atom is 0.308 e. The number of thiocarbonyl (C=S) groups is 1. The van der Waals surface area contributed by atoms with E-state index >= 15 is 0 Å². The number of carbonyl (C=O) groups is 3. The summed E-state index contributed by atoms with van der Waals surface area (Å²) in [6.07, 6.45) is 2.27. The summed E-state index contributed by atoms with van der Waals surface area (Å²) in [6.45, 7) is 3.53. The number of benzene rings is 2. The summed E-state index contributed by atoms with van der Waals surface area (Å²) >= 11 is 8.89. The molecule has 2 amide bonds. The van der Waals surface area contributed by atoms with Crippen LogP contribution in [0.25, 0.3) is 0 Å². The molecule has 2 N–H and O–H groups in total. The van der Waals surface area contributed by atoms with Crippen molar-refractivity contribution in [1.29, 1.82) is 0 Å². The van der Waals surface area contributed by atoms with Crippen LogP contribution in [0.1, 0.15) is 42.1 Å². The number of nitrogens with one attached hydrogen (secondary N) is 2. The number of unbranched alkanes of at least 4 members (excludes halogenated alkanes) is 1. The fourth-order valence-corrected chi connectivity index (χ4v) is 4.44. The minimum absolute atomic E-state index is 0.0838. The Morgan fingerprint density at radius 2 is 1.97 bits per heavy atom. The molecule has 3 rings (SSSR count). The van der Waals surface area contributed by atoms with E-state index in [9.17, 15) is 14.4 Å². The summed E-state index contributed by atoms with van der Waals surface area (Å²) in [6, 6.07) is 14.2. The van der Waals surface area contributed by atoms with Gasteiger partial charge in [-0.25, -0.2) is 0 Å². The Morgan fingerprint density at radius 3 is 2.69 bits per heavy atom. The fraction of sp³-hybridized carbons (Fsp3) is 0.385. The second kappa shape index (κ2) is 13.9. The number of piperazine rings is 1. The number of hydrogen-bond donors (Lipinski definition) is 2. The van der Waals surface area contributed by atoms with Gasteiger partial charge in [0.15, 0.2) is 5.11 Å². The van der Waals surface area contributed by atoms with Gasteiger partial charge in [-0.1, -0.05) is 43.7 Å². The van der Waals surface area contributed by atoms with E-state index in [4.69, 9.17) is 21.7 Å². The fourth-order valence-electron chi connectivity index (χ4n) is 3.63. The first-order valence-corrected chi connectivity index (χ1v) is 13.1. The van der Waals surface area contributed by atoms with Crippen LogP contribution in [0.2, 0.25) is 0 Å². The number of halogens is 1. The largest absolute Gasteiger partial charge is 0.492 e. The molecule has 0 aromatic heterocycles. The van der Waals surface area contributed by atoms with Gasteiger partial charge in [0, 0.05) is 25.1 Å². The lowest BCUT2D eigenvalue weighted by atomic mass is 10.1. The molecule has 1 unspecified atom stereocenters. The number of amides is 2. The summed E-state index contributed by atoms with van der Waals surface area (Å²) in [5.74, 6) is -0.604. The first-order chi connectivity index (χ1) is 17.4. The van der Waals surface area contributed by atoms with Crippen molar-refractivity contribution in [2.45, 2.75) is 38.6 Å². The molecule has 0 radical (unpaired) electrons. The molecule has 1 fully saturated rings. The molecule has 36 heavy (non-hydrogen) atoms. The van der Waals surface area contributed by atoms with Crippen molar-refractivity contribution in [1.82, 2.24) is 15.5 Å². The van der Waals surface area contributed by atoms with Crippen LogP contribution in [-0.2, 0) is 20.7 Å². The molecule has 8 nitrogen and oxygen atoms in total. The van der Waals surface area contributed by atoms with Crippen LogP contribution >= 0.6 is 28.1 Å². The molecule has 1 atom stereocenters. The van der Waals surface area contributed by atoms with E-state index in [0.717, 1.165) is 19.3 Å². The normalized spacial score (nSPS) is 15.1. The summed E-state index contributed by atoms with van der Waals surface area (Å²) in [7, 11) is 0. The zero-order chi connectivity index (χ0) is 25.9. The highest BCUT2D eigenvalue weighted by molar-refractivity contribution is 9.10. The third kappa shape index (κ3) is 8.03. The first-order valence-electron chi connectivity index (χ1n) is 11.9. The second-order valence-electron chi connectivity index (χ2n) is 8.27. The highest BCUT2D eigenvalue weighted by Gasteiger charge is 2.34. The van der Waals surface area contributed by atoms with Crippen molar-refractivity contribution >= 4 is 51.0 Å². The van der Waals surface area contributed by atoms with Crippen molar-refractivity contribution in [3.8, 4) is 5.75 Å². The average molecular weight is 577 g/mol. The monoisotopic (exact) mass is 575 g/mol. The quantitative estimate of drug-likeness (QED) is 0.254. The Kier molecular flexibility index (Phi) is 10.7. The lowest BCUT2D eigenvalue weighted by molar-refractivity contribution is -0.147. The number of nitrogens with zero attached hydrogens (tertiary/aromatic N) is 1. The summed E-state index contributed by atoms with van der Waals surface area (Å²) < 4.78 is 11.7. The molecule has 2 aromatic carbocycles. The molecule has 1 aliphatic heterocycles. The van der Waals surface area contributed by atoms with E-state index in [1.165, 1.54) is 5.56 Å². The van der Waals surface area contributed by atoms with Gasteiger partial charge in [-0.05, 0) is 58.3 Å². The van der Waals surface area contributed by atoms with E-state index < -0.39 is 17.9 Å². The number of rotatable bonds is 10. The maximum atomic E-state index is 12.9. The maximum absolute atomic E-state index is 12.9. The third-order valence-corrected chi connectivity index (χ3v) is 6.57. The highest BCUT2D eigenvalue weighted by Crippen LogP contribution is 2.26. The van der Waals surface area contributed by atoms with Crippen molar-refractivity contribution in [3.63, 3.8) is 0 Å². The number of ether oxygens (including phenoxy) is 2. The van der Waals surface area contributed by atoms with Gasteiger partial charge in [0.05, 0.1) is 24.1 Å². The number of esters is 1. The Morgan fingerprint density at radius 1 is 1.19 bits per heavy atom. The summed E-state index contributed by atoms with van der Waals surface area (Å²) in [4.78, 5) is 39.1. The molecule has 0 bridgehead atoms. The Labute approximate surface area is 224 Å². The van der Waals surface area contributed by atoms with Gasteiger partial charge in [0.25, 0.3) is 5.91 Å². The molecule has 0 saturated carbocycles. The smallest absolute Gasteiger partial charge is 0.308 e. The topological polar surface area (TPSA) is 97.0 Å². The first kappa shape index (κ1) is 27.6. The predicted octanol–water partition coefficient (Wildman–Crippen LogP) is 3.62. The van der Waals surface area contributed by atoms with Crippen LogP contribution in [0.5, 0.6) is 5.75 Å². The van der Waals surface area contributed by atoms with Gasteiger partial charge in [0.2, 0.25) is 5.91 Å². The average Bonchev–Trinajstić information content (AvgIpc) is 2.87. The lowest BCUT2D eigenvalue weighted by Gasteiger charge is -2.36. The molecule has 0 spiro atoms. The van der Waals surface area contributed by atoms with Gasteiger partial charge in [-0.2, -0.15) is 0 Å². The molecule has 1 aliphatic rings. The van der Waals surface area contributed by atoms with Crippen LogP contribution in [0.3, 0.4) is 0 Å². The van der Waals surface area contributed by atoms with Crippen molar-refractivity contribution in [2.75, 3.05) is 26.3 Å².